The summed E-state index contributed by atoms with van der Waals surface area (Å²) in [6.45, 7) is 0.307. The quantitative estimate of drug-likeness (QED) is 0.575. The lowest BCUT2D eigenvalue weighted by molar-refractivity contribution is 0.102. The molecule has 28 heavy (non-hydrogen) atoms. The second-order valence-corrected chi connectivity index (χ2v) is 7.00. The van der Waals surface area contributed by atoms with Crippen LogP contribution in [0, 0.1) is 0 Å². The van der Waals surface area contributed by atoms with Crippen LogP contribution in [0.4, 0.5) is 5.82 Å². The van der Waals surface area contributed by atoms with Gasteiger partial charge in [-0.2, -0.15) is 5.10 Å². The molecule has 0 aliphatic heterocycles. The molecule has 6 nitrogen and oxygen atoms in total. The van der Waals surface area contributed by atoms with E-state index in [9.17, 15) is 4.79 Å². The minimum Gasteiger partial charge on any atom is -0.497 e. The van der Waals surface area contributed by atoms with Crippen molar-refractivity contribution >= 4 is 46.5 Å². The molecule has 1 amide bonds. The zero-order chi connectivity index (χ0) is 20.3. The zero-order valence-corrected chi connectivity index (χ0v) is 17.3. The molecule has 9 heteroatoms. The molecule has 0 radical (unpaired) electrons. The Labute approximate surface area is 176 Å². The molecular weight excluding hydrogens is 425 g/mol. The molecule has 1 heterocycles. The molecule has 146 valence electrons. The highest BCUT2D eigenvalue weighted by Gasteiger charge is 2.15. The van der Waals surface area contributed by atoms with E-state index in [1.807, 2.05) is 0 Å². The molecule has 3 aromatic rings. The fourth-order valence-electron chi connectivity index (χ4n) is 2.53. The van der Waals surface area contributed by atoms with Crippen molar-refractivity contribution in [1.29, 1.82) is 0 Å². The molecule has 0 unspecified atom stereocenters. The Morgan fingerprint density at radius 2 is 1.64 bits per heavy atom. The van der Waals surface area contributed by atoms with Gasteiger partial charge < -0.3 is 14.8 Å². The molecule has 2 aromatic carbocycles. The van der Waals surface area contributed by atoms with Crippen LogP contribution in [0.5, 0.6) is 11.5 Å². The van der Waals surface area contributed by atoms with Gasteiger partial charge in [0, 0.05) is 33.4 Å². The van der Waals surface area contributed by atoms with Crippen molar-refractivity contribution in [2.45, 2.75) is 6.54 Å². The first-order valence-corrected chi connectivity index (χ1v) is 9.25. The summed E-state index contributed by atoms with van der Waals surface area (Å²) in [4.78, 5) is 12.6. The average molecular weight is 441 g/mol. The Hall–Kier alpha value is -2.41. The number of rotatable bonds is 6. The third-order valence-corrected chi connectivity index (χ3v) is 4.93. The first-order valence-electron chi connectivity index (χ1n) is 8.11. The summed E-state index contributed by atoms with van der Waals surface area (Å²) in [5.41, 5.74) is 1.05. The van der Waals surface area contributed by atoms with Crippen molar-refractivity contribution in [2.24, 2.45) is 0 Å². The molecule has 0 saturated heterocycles. The Balaban J connectivity index is 1.81. The van der Waals surface area contributed by atoms with Gasteiger partial charge in [-0.25, -0.2) is 0 Å². The summed E-state index contributed by atoms with van der Waals surface area (Å²) in [5.74, 6) is 0.806. The van der Waals surface area contributed by atoms with Crippen LogP contribution in [0.15, 0.2) is 42.6 Å². The summed E-state index contributed by atoms with van der Waals surface area (Å²) in [7, 11) is 3.02. The summed E-state index contributed by atoms with van der Waals surface area (Å²) in [5, 5.41) is 8.32. The second-order valence-electron chi connectivity index (χ2n) is 5.78. The minimum atomic E-state index is -0.403. The predicted octanol–water partition coefficient (Wildman–Crippen LogP) is 5.16. The summed E-state index contributed by atoms with van der Waals surface area (Å²) < 4.78 is 11.9. The van der Waals surface area contributed by atoms with Gasteiger partial charge >= 0.3 is 0 Å². The van der Waals surface area contributed by atoms with Crippen molar-refractivity contribution in [3.63, 3.8) is 0 Å². The summed E-state index contributed by atoms with van der Waals surface area (Å²) >= 11 is 18.6. The van der Waals surface area contributed by atoms with Gasteiger partial charge in [0.05, 0.1) is 20.8 Å². The Kier molecular flexibility index (Phi) is 6.34. The van der Waals surface area contributed by atoms with E-state index in [1.165, 1.54) is 14.2 Å². The fraction of sp³-hybridized carbons (Fsp3) is 0.158. The number of amides is 1. The molecule has 0 aliphatic carbocycles. The van der Waals surface area contributed by atoms with Gasteiger partial charge in [-0.3, -0.25) is 9.48 Å². The lowest BCUT2D eigenvalue weighted by Gasteiger charge is -2.08. The molecule has 0 fully saturated rings. The van der Waals surface area contributed by atoms with Crippen LogP contribution >= 0.6 is 34.8 Å². The van der Waals surface area contributed by atoms with Crippen LogP contribution in [0.2, 0.25) is 15.1 Å². The van der Waals surface area contributed by atoms with E-state index in [2.05, 4.69) is 10.4 Å². The number of benzene rings is 2. The number of nitrogens with one attached hydrogen (secondary N) is 1. The molecule has 0 aliphatic rings. The molecule has 1 N–H and O–H groups in total. The normalized spacial score (nSPS) is 10.6. The number of hydrogen-bond donors (Lipinski definition) is 1. The molecule has 0 bridgehead atoms. The monoisotopic (exact) mass is 439 g/mol. The van der Waals surface area contributed by atoms with Crippen LogP contribution in [0.3, 0.4) is 0 Å². The number of aromatic nitrogens is 2. The standard InChI is InChI=1S/C19H16Cl3N3O3/c1-27-12-6-11(7-13(8-12)28-2)19(26)23-18-17(22)10-25(24-18)9-14-15(20)4-3-5-16(14)21/h3-8,10H,9H2,1-2H3,(H,23,24,26). The molecule has 0 saturated carbocycles. The second kappa shape index (κ2) is 8.73. The number of hydrogen-bond acceptors (Lipinski definition) is 4. The van der Waals surface area contributed by atoms with Crippen LogP contribution in [-0.2, 0) is 6.54 Å². The van der Waals surface area contributed by atoms with Gasteiger partial charge in [-0.05, 0) is 24.3 Å². The van der Waals surface area contributed by atoms with Gasteiger partial charge in [-0.1, -0.05) is 40.9 Å². The third kappa shape index (κ3) is 4.52. The van der Waals surface area contributed by atoms with Gasteiger partial charge in [0.2, 0.25) is 0 Å². The highest BCUT2D eigenvalue weighted by atomic mass is 35.5. The average Bonchev–Trinajstić information content (AvgIpc) is 3.03. The first-order chi connectivity index (χ1) is 13.4. The minimum absolute atomic E-state index is 0.219. The number of halogens is 3. The van der Waals surface area contributed by atoms with Crippen molar-refractivity contribution in [3.05, 3.63) is 68.8 Å². The number of carbonyl (C=O) groups excluding carboxylic acids is 1. The van der Waals surface area contributed by atoms with Gasteiger partial charge in [0.25, 0.3) is 5.91 Å². The lowest BCUT2D eigenvalue weighted by Crippen LogP contribution is -2.13. The maximum atomic E-state index is 12.6. The van der Waals surface area contributed by atoms with Crippen LogP contribution < -0.4 is 14.8 Å². The van der Waals surface area contributed by atoms with Crippen molar-refractivity contribution < 1.29 is 14.3 Å². The largest absolute Gasteiger partial charge is 0.497 e. The van der Waals surface area contributed by atoms with E-state index >= 15 is 0 Å². The third-order valence-electron chi connectivity index (χ3n) is 3.94. The first kappa shape index (κ1) is 20.3. The van der Waals surface area contributed by atoms with Gasteiger partial charge in [0.15, 0.2) is 5.82 Å². The van der Waals surface area contributed by atoms with Crippen molar-refractivity contribution in [1.82, 2.24) is 9.78 Å². The van der Waals surface area contributed by atoms with E-state index < -0.39 is 5.91 Å². The van der Waals surface area contributed by atoms with E-state index in [-0.39, 0.29) is 10.8 Å². The summed E-state index contributed by atoms with van der Waals surface area (Å²) in [6, 6.07) is 10.1. The van der Waals surface area contributed by atoms with Crippen LogP contribution in [0.25, 0.3) is 0 Å². The number of nitrogens with zero attached hydrogens (tertiary/aromatic N) is 2. The van der Waals surface area contributed by atoms with E-state index in [1.54, 1.807) is 47.3 Å². The molecule has 3 rings (SSSR count). The van der Waals surface area contributed by atoms with Crippen molar-refractivity contribution in [2.75, 3.05) is 19.5 Å². The van der Waals surface area contributed by atoms with Crippen LogP contribution in [0.1, 0.15) is 15.9 Å². The van der Waals surface area contributed by atoms with Gasteiger partial charge in [-0.15, -0.1) is 0 Å². The Morgan fingerprint density at radius 1 is 1.04 bits per heavy atom. The molecular formula is C19H16Cl3N3O3. The van der Waals surface area contributed by atoms with Gasteiger partial charge in [0.1, 0.15) is 16.5 Å². The maximum absolute atomic E-state index is 12.6. The highest BCUT2D eigenvalue weighted by Crippen LogP contribution is 2.28. The molecule has 0 spiro atoms. The summed E-state index contributed by atoms with van der Waals surface area (Å²) in [6.07, 6.45) is 1.59. The number of methoxy groups -OCH3 is 2. The van der Waals surface area contributed by atoms with E-state index in [4.69, 9.17) is 44.3 Å². The Bertz CT molecular complexity index is 978. The van der Waals surface area contributed by atoms with E-state index in [0.717, 1.165) is 0 Å². The molecule has 0 atom stereocenters. The van der Waals surface area contributed by atoms with Crippen LogP contribution in [-0.4, -0.2) is 29.9 Å². The fourth-order valence-corrected chi connectivity index (χ4v) is 3.24. The molecule has 1 aromatic heterocycles. The van der Waals surface area contributed by atoms with E-state index in [0.29, 0.717) is 39.2 Å². The highest BCUT2D eigenvalue weighted by molar-refractivity contribution is 6.36. The number of anilines is 1. The van der Waals surface area contributed by atoms with Crippen molar-refractivity contribution in [3.8, 4) is 11.5 Å². The SMILES string of the molecule is COc1cc(OC)cc(C(=O)Nc2nn(Cc3c(Cl)cccc3Cl)cc2Cl)c1. The maximum Gasteiger partial charge on any atom is 0.257 e. The topological polar surface area (TPSA) is 65.4 Å². The smallest absolute Gasteiger partial charge is 0.257 e. The Morgan fingerprint density at radius 3 is 2.21 bits per heavy atom. The predicted molar refractivity (Wildman–Crippen MR) is 110 cm³/mol. The number of ether oxygens (including phenoxy) is 2. The number of carbonyl (C=O) groups is 1. The zero-order valence-electron chi connectivity index (χ0n) is 15.0. The lowest BCUT2D eigenvalue weighted by atomic mass is 10.2.